The van der Waals surface area contributed by atoms with Gasteiger partial charge in [-0.3, -0.25) is 9.89 Å². The van der Waals surface area contributed by atoms with Gasteiger partial charge in [-0.15, -0.1) is 0 Å². The second-order valence-corrected chi connectivity index (χ2v) is 6.72. The number of rotatable bonds is 6. The summed E-state index contributed by atoms with van der Waals surface area (Å²) in [4.78, 5) is 19.2. The van der Waals surface area contributed by atoms with Gasteiger partial charge in [0.15, 0.2) is 5.82 Å². The van der Waals surface area contributed by atoms with Gasteiger partial charge >= 0.3 is 0 Å². The summed E-state index contributed by atoms with van der Waals surface area (Å²) in [6.07, 6.45) is 0. The molecule has 2 aromatic carbocycles. The first-order valence-electron chi connectivity index (χ1n) is 8.95. The van der Waals surface area contributed by atoms with Crippen LogP contribution in [0.2, 0.25) is 0 Å². The quantitative estimate of drug-likeness (QED) is 0.490. The fraction of sp³-hybridized carbons (Fsp3) is 0.250. The van der Waals surface area contributed by atoms with Crippen LogP contribution in [0.15, 0.2) is 36.4 Å². The fourth-order valence-corrected chi connectivity index (χ4v) is 2.91. The lowest BCUT2D eigenvalue weighted by Gasteiger charge is -2.23. The van der Waals surface area contributed by atoms with Gasteiger partial charge in [-0.1, -0.05) is 17.7 Å². The van der Waals surface area contributed by atoms with Crippen molar-refractivity contribution in [3.8, 4) is 0 Å². The van der Waals surface area contributed by atoms with Crippen LogP contribution in [0.5, 0.6) is 0 Å². The molecule has 0 spiro atoms. The number of hydrogen-bond donors (Lipinski definition) is 4. The number of hydrogen-bond acceptors (Lipinski definition) is 6. The summed E-state index contributed by atoms with van der Waals surface area (Å²) in [5.74, 6) is 1.16. The molecular weight excluding hydrogens is 354 g/mol. The molecule has 146 valence electrons. The summed E-state index contributed by atoms with van der Waals surface area (Å²) in [6.45, 7) is 4.29. The molecule has 28 heavy (non-hydrogen) atoms. The van der Waals surface area contributed by atoms with E-state index in [2.05, 4.69) is 25.8 Å². The van der Waals surface area contributed by atoms with E-state index in [1.54, 1.807) is 13.1 Å². The number of aryl methyl sites for hydroxylation is 2. The number of carbonyl (C=O) groups is 1. The Kier molecular flexibility index (Phi) is 5.49. The zero-order valence-corrected chi connectivity index (χ0v) is 16.5. The third-order valence-electron chi connectivity index (χ3n) is 4.42. The number of amides is 1. The summed E-state index contributed by atoms with van der Waals surface area (Å²) in [6, 6.07) is 11.2. The molecule has 8 nitrogen and oxygen atoms in total. The van der Waals surface area contributed by atoms with E-state index in [9.17, 15) is 4.79 Å². The predicted molar refractivity (Wildman–Crippen MR) is 113 cm³/mol. The maximum Gasteiger partial charge on any atom is 0.257 e. The molecule has 3 rings (SSSR count). The van der Waals surface area contributed by atoms with E-state index >= 15 is 0 Å². The standard InChI is InChI=1S/C20H25N7O/c1-12-5-7-14(8-6-12)24-20(28)15-9-16(21)17(22-3)10-18(15)27(4)11-19-23-13(2)25-26-19/h5-10,22H,11,21H2,1-4H3,(H,24,28)(H,23,25,26). The smallest absolute Gasteiger partial charge is 0.257 e. The van der Waals surface area contributed by atoms with Crippen LogP contribution < -0.4 is 21.3 Å². The minimum Gasteiger partial charge on any atom is -0.397 e. The molecule has 5 N–H and O–H groups in total. The number of benzene rings is 2. The van der Waals surface area contributed by atoms with Crippen molar-refractivity contribution in [1.82, 2.24) is 15.2 Å². The number of aromatic nitrogens is 3. The van der Waals surface area contributed by atoms with Crippen LogP contribution in [0.25, 0.3) is 0 Å². The maximum absolute atomic E-state index is 13.0. The molecule has 0 aliphatic carbocycles. The van der Waals surface area contributed by atoms with Crippen LogP contribution in [-0.2, 0) is 6.54 Å². The molecule has 0 radical (unpaired) electrons. The molecule has 3 aromatic rings. The zero-order chi connectivity index (χ0) is 20.3. The van der Waals surface area contributed by atoms with Crippen molar-refractivity contribution in [2.45, 2.75) is 20.4 Å². The van der Waals surface area contributed by atoms with E-state index in [0.717, 1.165) is 28.5 Å². The lowest BCUT2D eigenvalue weighted by Crippen LogP contribution is -2.23. The van der Waals surface area contributed by atoms with Crippen LogP contribution in [-0.4, -0.2) is 35.2 Å². The van der Waals surface area contributed by atoms with Gasteiger partial charge in [-0.25, -0.2) is 4.98 Å². The van der Waals surface area contributed by atoms with Crippen molar-refractivity contribution in [1.29, 1.82) is 0 Å². The Balaban J connectivity index is 1.93. The normalized spacial score (nSPS) is 10.6. The maximum atomic E-state index is 13.0. The van der Waals surface area contributed by atoms with E-state index < -0.39 is 0 Å². The summed E-state index contributed by atoms with van der Waals surface area (Å²) < 4.78 is 0. The van der Waals surface area contributed by atoms with Gasteiger partial charge in [0.2, 0.25) is 0 Å². The summed E-state index contributed by atoms with van der Waals surface area (Å²) in [7, 11) is 3.68. The molecule has 1 amide bonds. The third-order valence-corrected chi connectivity index (χ3v) is 4.42. The second-order valence-electron chi connectivity index (χ2n) is 6.72. The van der Waals surface area contributed by atoms with Gasteiger partial charge in [0.1, 0.15) is 5.82 Å². The summed E-state index contributed by atoms with van der Waals surface area (Å²) in [5, 5.41) is 13.0. The molecule has 0 fully saturated rings. The lowest BCUT2D eigenvalue weighted by atomic mass is 10.1. The fourth-order valence-electron chi connectivity index (χ4n) is 2.91. The zero-order valence-electron chi connectivity index (χ0n) is 16.5. The van der Waals surface area contributed by atoms with Crippen molar-refractivity contribution in [3.05, 3.63) is 59.2 Å². The molecule has 0 saturated carbocycles. The highest BCUT2D eigenvalue weighted by Gasteiger charge is 2.19. The van der Waals surface area contributed by atoms with E-state index in [1.807, 2.05) is 56.1 Å². The van der Waals surface area contributed by atoms with Gasteiger partial charge in [0, 0.05) is 19.8 Å². The van der Waals surface area contributed by atoms with Crippen molar-refractivity contribution in [2.75, 3.05) is 35.4 Å². The molecule has 0 aliphatic heterocycles. The first-order valence-corrected chi connectivity index (χ1v) is 8.95. The van der Waals surface area contributed by atoms with Crippen molar-refractivity contribution >= 4 is 28.7 Å². The highest BCUT2D eigenvalue weighted by Crippen LogP contribution is 2.31. The van der Waals surface area contributed by atoms with Gasteiger partial charge < -0.3 is 21.3 Å². The minimum atomic E-state index is -0.230. The lowest BCUT2D eigenvalue weighted by molar-refractivity contribution is 0.102. The summed E-state index contributed by atoms with van der Waals surface area (Å²) in [5.41, 5.74) is 10.4. The third kappa shape index (κ3) is 4.22. The van der Waals surface area contributed by atoms with E-state index in [1.165, 1.54) is 0 Å². The predicted octanol–water partition coefficient (Wildman–Crippen LogP) is 2.93. The molecule has 8 heteroatoms. The first kappa shape index (κ1) is 19.2. The van der Waals surface area contributed by atoms with Crippen molar-refractivity contribution in [2.24, 2.45) is 0 Å². The molecule has 1 heterocycles. The topological polar surface area (TPSA) is 112 Å². The highest BCUT2D eigenvalue weighted by atomic mass is 16.1. The average molecular weight is 379 g/mol. The monoisotopic (exact) mass is 379 g/mol. The SMILES string of the molecule is CNc1cc(N(C)Cc2n[nH]c(C)n2)c(C(=O)Nc2ccc(C)cc2)cc1N. The number of nitrogen functional groups attached to an aromatic ring is 1. The number of nitrogens with two attached hydrogens (primary N) is 1. The van der Waals surface area contributed by atoms with Crippen molar-refractivity contribution in [3.63, 3.8) is 0 Å². The van der Waals surface area contributed by atoms with E-state index in [0.29, 0.717) is 23.6 Å². The molecule has 0 atom stereocenters. The van der Waals surface area contributed by atoms with Crippen LogP contribution in [0.4, 0.5) is 22.7 Å². The van der Waals surface area contributed by atoms with E-state index in [-0.39, 0.29) is 5.91 Å². The number of nitrogens with zero attached hydrogens (tertiary/aromatic N) is 3. The Labute approximate surface area is 164 Å². The van der Waals surface area contributed by atoms with Crippen LogP contribution in [0, 0.1) is 13.8 Å². The Morgan fingerprint density at radius 1 is 1.21 bits per heavy atom. The number of anilines is 4. The molecule has 1 aromatic heterocycles. The number of carbonyl (C=O) groups excluding carboxylic acids is 1. The number of aromatic amines is 1. The first-order chi connectivity index (χ1) is 13.4. The van der Waals surface area contributed by atoms with Gasteiger partial charge in [-0.2, -0.15) is 5.10 Å². The number of H-pyrrole nitrogens is 1. The van der Waals surface area contributed by atoms with Crippen LogP contribution in [0.3, 0.4) is 0 Å². The Morgan fingerprint density at radius 2 is 1.93 bits per heavy atom. The molecule has 0 unspecified atom stereocenters. The Hall–Kier alpha value is -3.55. The summed E-state index contributed by atoms with van der Waals surface area (Å²) >= 11 is 0. The van der Waals surface area contributed by atoms with Crippen LogP contribution >= 0.6 is 0 Å². The van der Waals surface area contributed by atoms with Crippen LogP contribution in [0.1, 0.15) is 27.6 Å². The average Bonchev–Trinajstić information content (AvgIpc) is 3.07. The molecule has 0 saturated heterocycles. The van der Waals surface area contributed by atoms with Gasteiger partial charge in [0.25, 0.3) is 5.91 Å². The Morgan fingerprint density at radius 3 is 2.54 bits per heavy atom. The largest absolute Gasteiger partial charge is 0.397 e. The van der Waals surface area contributed by atoms with Crippen molar-refractivity contribution < 1.29 is 4.79 Å². The minimum absolute atomic E-state index is 0.230. The van der Waals surface area contributed by atoms with E-state index in [4.69, 9.17) is 5.73 Å². The second kappa shape index (κ2) is 7.99. The van der Waals surface area contributed by atoms with Gasteiger partial charge in [-0.05, 0) is 38.1 Å². The molecule has 0 aliphatic rings. The molecule has 0 bridgehead atoms. The molecular formula is C20H25N7O. The van der Waals surface area contributed by atoms with Gasteiger partial charge in [0.05, 0.1) is 29.2 Å². The highest BCUT2D eigenvalue weighted by molar-refractivity contribution is 6.09. The Bertz CT molecular complexity index is 979. The number of nitrogens with one attached hydrogen (secondary N) is 3.